The molecule has 1 heterocycles. The number of hydrazone groups is 1. The molecule has 8 nitrogen and oxygen atoms in total. The quantitative estimate of drug-likeness (QED) is 0.374. The molecule has 34 heavy (non-hydrogen) atoms. The third-order valence-corrected chi connectivity index (χ3v) is 5.13. The molecule has 0 bridgehead atoms. The molecule has 9 heteroatoms. The minimum absolute atomic E-state index is 0.0424. The summed E-state index contributed by atoms with van der Waals surface area (Å²) in [6.45, 7) is 1.94. The molecule has 0 unspecified atom stereocenters. The Bertz CT molecular complexity index is 1290. The average Bonchev–Trinajstić information content (AvgIpc) is 2.82. The molecule has 0 aliphatic rings. The van der Waals surface area contributed by atoms with E-state index in [-0.39, 0.29) is 18.7 Å². The van der Waals surface area contributed by atoms with Gasteiger partial charge in [0.1, 0.15) is 30.5 Å². The van der Waals surface area contributed by atoms with Crippen molar-refractivity contribution in [2.24, 2.45) is 5.10 Å². The first-order chi connectivity index (χ1) is 16.4. The summed E-state index contributed by atoms with van der Waals surface area (Å²) in [5.74, 6) is 0.146. The number of ether oxygens (including phenoxy) is 2. The summed E-state index contributed by atoms with van der Waals surface area (Å²) in [4.78, 5) is 25.0. The van der Waals surface area contributed by atoms with Crippen molar-refractivity contribution in [3.05, 3.63) is 97.9 Å². The predicted octanol–water partition coefficient (Wildman–Crippen LogP) is 3.56. The molecule has 0 saturated heterocycles. The van der Waals surface area contributed by atoms with Crippen LogP contribution in [0.3, 0.4) is 0 Å². The number of amides is 1. The number of rotatable bonds is 9. The second-order valence-electron chi connectivity index (χ2n) is 7.40. The maximum absolute atomic E-state index is 12.6. The van der Waals surface area contributed by atoms with Crippen molar-refractivity contribution in [3.8, 4) is 11.8 Å². The number of nitrogens with one attached hydrogen (secondary N) is 1. The molecule has 0 radical (unpaired) electrons. The molecule has 1 amide bonds. The van der Waals surface area contributed by atoms with Crippen LogP contribution in [0, 0.1) is 18.3 Å². The van der Waals surface area contributed by atoms with Gasteiger partial charge in [-0.05, 0) is 48.4 Å². The van der Waals surface area contributed by atoms with E-state index in [1.807, 2.05) is 36.4 Å². The van der Waals surface area contributed by atoms with E-state index in [1.54, 1.807) is 31.2 Å². The van der Waals surface area contributed by atoms with Gasteiger partial charge in [0.15, 0.2) is 0 Å². The van der Waals surface area contributed by atoms with Crippen molar-refractivity contribution >= 4 is 23.7 Å². The number of hydrogen-bond donors (Lipinski definition) is 1. The number of hydrogen-bond acceptors (Lipinski definition) is 6. The van der Waals surface area contributed by atoms with Crippen LogP contribution >= 0.6 is 11.6 Å². The van der Waals surface area contributed by atoms with Gasteiger partial charge >= 0.3 is 0 Å². The number of carbonyl (C=O) groups excluding carboxylic acids is 1. The van der Waals surface area contributed by atoms with Crippen molar-refractivity contribution in [2.75, 3.05) is 7.11 Å². The second-order valence-corrected chi connectivity index (χ2v) is 7.84. The number of nitriles is 1. The van der Waals surface area contributed by atoms with Gasteiger partial charge in [0, 0.05) is 23.4 Å². The van der Waals surface area contributed by atoms with Crippen molar-refractivity contribution in [3.63, 3.8) is 0 Å². The van der Waals surface area contributed by atoms with Crippen LogP contribution < -0.4 is 15.7 Å². The number of nitrogens with zero attached hydrogens (tertiary/aromatic N) is 3. The lowest BCUT2D eigenvalue weighted by Crippen LogP contribution is -2.33. The summed E-state index contributed by atoms with van der Waals surface area (Å²) in [5, 5.41) is 13.9. The van der Waals surface area contributed by atoms with E-state index in [9.17, 15) is 14.9 Å². The monoisotopic (exact) mass is 478 g/mol. The first-order valence-corrected chi connectivity index (χ1v) is 10.7. The largest absolute Gasteiger partial charge is 0.489 e. The molecule has 0 fully saturated rings. The Morgan fingerprint density at radius 2 is 1.97 bits per heavy atom. The zero-order valence-electron chi connectivity index (χ0n) is 18.7. The van der Waals surface area contributed by atoms with Crippen molar-refractivity contribution in [2.45, 2.75) is 26.7 Å². The molecular weight excluding hydrogens is 456 g/mol. The Morgan fingerprint density at radius 1 is 1.21 bits per heavy atom. The molecule has 3 aromatic rings. The third-order valence-electron chi connectivity index (χ3n) is 4.88. The molecular formula is C25H23ClN4O4. The normalized spacial score (nSPS) is 10.8. The van der Waals surface area contributed by atoms with Gasteiger partial charge in [-0.2, -0.15) is 10.4 Å². The van der Waals surface area contributed by atoms with E-state index in [4.69, 9.17) is 21.1 Å². The lowest BCUT2D eigenvalue weighted by Gasteiger charge is -2.12. The van der Waals surface area contributed by atoms with Crippen molar-refractivity contribution in [1.82, 2.24) is 9.99 Å². The molecule has 3 rings (SSSR count). The third kappa shape index (κ3) is 6.54. The van der Waals surface area contributed by atoms with Gasteiger partial charge in [0.2, 0.25) is 0 Å². The highest BCUT2D eigenvalue weighted by molar-refractivity contribution is 6.30. The molecule has 0 saturated carbocycles. The molecule has 1 aromatic heterocycles. The topological polar surface area (TPSA) is 106 Å². The Kier molecular flexibility index (Phi) is 8.57. The van der Waals surface area contributed by atoms with Crippen LogP contribution in [0.2, 0.25) is 5.02 Å². The van der Waals surface area contributed by atoms with Gasteiger partial charge in [0.05, 0.1) is 12.8 Å². The van der Waals surface area contributed by atoms with E-state index >= 15 is 0 Å². The highest BCUT2D eigenvalue weighted by atomic mass is 35.5. The maximum atomic E-state index is 12.6. The van der Waals surface area contributed by atoms with Crippen LogP contribution in [-0.4, -0.2) is 23.8 Å². The minimum Gasteiger partial charge on any atom is -0.489 e. The van der Waals surface area contributed by atoms with Gasteiger partial charge in [-0.25, -0.2) is 5.43 Å². The molecule has 0 aliphatic carbocycles. The second kappa shape index (κ2) is 11.8. The molecule has 0 spiro atoms. The van der Waals surface area contributed by atoms with Crippen molar-refractivity contribution < 1.29 is 14.3 Å². The fourth-order valence-corrected chi connectivity index (χ4v) is 3.34. The average molecular weight is 479 g/mol. The smallest absolute Gasteiger partial charge is 0.269 e. The van der Waals surface area contributed by atoms with E-state index in [1.165, 1.54) is 17.9 Å². The van der Waals surface area contributed by atoms with Crippen molar-refractivity contribution in [1.29, 1.82) is 5.26 Å². The zero-order valence-corrected chi connectivity index (χ0v) is 19.5. The number of aromatic nitrogens is 1. The standard InChI is InChI=1S/C25H23ClN4O4/c1-17-10-20(16-33-2)23(12-27)25(32)30(17)14-24(31)29-28-13-19-4-3-5-22(11-19)34-15-18-6-8-21(26)9-7-18/h3-11,13H,14-16H2,1-2H3,(H,29,31). The van der Waals surface area contributed by atoms with Crippen LogP contribution in [0.15, 0.2) is 64.5 Å². The predicted molar refractivity (Wildman–Crippen MR) is 129 cm³/mol. The SMILES string of the molecule is COCc1cc(C)n(CC(=O)NN=Cc2cccc(OCc3ccc(Cl)cc3)c2)c(=O)c1C#N. The van der Waals surface area contributed by atoms with Gasteiger partial charge in [-0.3, -0.25) is 9.59 Å². The van der Waals surface area contributed by atoms with E-state index in [0.29, 0.717) is 28.6 Å². The van der Waals surface area contributed by atoms with Crippen LogP contribution in [0.4, 0.5) is 0 Å². The van der Waals surface area contributed by atoms with Gasteiger partial charge < -0.3 is 14.0 Å². The first kappa shape index (κ1) is 24.7. The van der Waals surface area contributed by atoms with Crippen LogP contribution in [0.1, 0.15) is 27.9 Å². The van der Waals surface area contributed by atoms with Crippen LogP contribution in [-0.2, 0) is 29.3 Å². The number of carbonyl (C=O) groups is 1. The number of pyridine rings is 1. The van der Waals surface area contributed by atoms with Crippen LogP contribution in [0.25, 0.3) is 0 Å². The Hall–Kier alpha value is -3.93. The summed E-state index contributed by atoms with van der Waals surface area (Å²) in [6.07, 6.45) is 1.48. The molecule has 0 aliphatic heterocycles. The molecule has 2 aromatic carbocycles. The molecule has 1 N–H and O–H groups in total. The minimum atomic E-state index is -0.542. The molecule has 0 atom stereocenters. The maximum Gasteiger partial charge on any atom is 0.269 e. The van der Waals surface area contributed by atoms with Gasteiger partial charge in [-0.15, -0.1) is 0 Å². The van der Waals surface area contributed by atoms with Gasteiger partial charge in [-0.1, -0.05) is 35.9 Å². The van der Waals surface area contributed by atoms with E-state index < -0.39 is 11.5 Å². The number of methoxy groups -OCH3 is 1. The van der Waals surface area contributed by atoms with E-state index in [0.717, 1.165) is 11.1 Å². The van der Waals surface area contributed by atoms with Crippen LogP contribution in [0.5, 0.6) is 5.75 Å². The Balaban J connectivity index is 1.61. The summed E-state index contributed by atoms with van der Waals surface area (Å²) >= 11 is 5.89. The lowest BCUT2D eigenvalue weighted by molar-refractivity contribution is -0.121. The highest BCUT2D eigenvalue weighted by Gasteiger charge is 2.14. The fraction of sp³-hybridized carbons (Fsp3) is 0.200. The first-order valence-electron chi connectivity index (χ1n) is 10.3. The fourth-order valence-electron chi connectivity index (χ4n) is 3.21. The number of aryl methyl sites for hydroxylation is 1. The molecule has 174 valence electrons. The highest BCUT2D eigenvalue weighted by Crippen LogP contribution is 2.16. The summed E-state index contributed by atoms with van der Waals surface area (Å²) in [6, 6.07) is 18.2. The number of benzene rings is 2. The number of halogens is 1. The summed E-state index contributed by atoms with van der Waals surface area (Å²) < 4.78 is 12.1. The summed E-state index contributed by atoms with van der Waals surface area (Å²) in [5.41, 5.74) is 4.55. The lowest BCUT2D eigenvalue weighted by atomic mass is 10.1. The Labute approximate surface area is 202 Å². The Morgan fingerprint density at radius 3 is 2.68 bits per heavy atom. The van der Waals surface area contributed by atoms with Gasteiger partial charge in [0.25, 0.3) is 11.5 Å². The summed E-state index contributed by atoms with van der Waals surface area (Å²) in [7, 11) is 1.48. The van der Waals surface area contributed by atoms with E-state index in [2.05, 4.69) is 10.5 Å². The zero-order chi connectivity index (χ0) is 24.5.